The fourth-order valence-corrected chi connectivity index (χ4v) is 2.46. The number of ether oxygens (including phenoxy) is 1. The lowest BCUT2D eigenvalue weighted by molar-refractivity contribution is -0.385. The predicted molar refractivity (Wildman–Crippen MR) is 69.6 cm³/mol. The molecule has 18 heavy (non-hydrogen) atoms. The summed E-state index contributed by atoms with van der Waals surface area (Å²) in [6.45, 7) is 1.66. The van der Waals surface area contributed by atoms with Crippen molar-refractivity contribution >= 4 is 21.6 Å². The minimum Gasteiger partial charge on any atom is -0.472 e. The van der Waals surface area contributed by atoms with Crippen LogP contribution in [0.3, 0.4) is 0 Å². The van der Waals surface area contributed by atoms with Crippen LogP contribution in [-0.4, -0.2) is 22.1 Å². The van der Waals surface area contributed by atoms with Gasteiger partial charge in [0.15, 0.2) is 0 Å². The summed E-state index contributed by atoms with van der Waals surface area (Å²) < 4.78 is 6.25. The first-order valence-electron chi connectivity index (χ1n) is 5.72. The Kier molecular flexibility index (Phi) is 3.82. The number of pyridine rings is 1. The first kappa shape index (κ1) is 13.2. The maximum Gasteiger partial charge on any atom is 0.291 e. The van der Waals surface area contributed by atoms with Crippen LogP contribution in [0, 0.1) is 17.0 Å². The van der Waals surface area contributed by atoms with Crippen LogP contribution in [0.15, 0.2) is 10.7 Å². The second-order valence-corrected chi connectivity index (χ2v) is 5.19. The van der Waals surface area contributed by atoms with Crippen molar-refractivity contribution in [2.24, 2.45) is 5.73 Å². The van der Waals surface area contributed by atoms with Gasteiger partial charge in [-0.3, -0.25) is 10.1 Å². The third-order valence-corrected chi connectivity index (χ3v) is 4.10. The Morgan fingerprint density at radius 3 is 2.89 bits per heavy atom. The molecule has 1 heterocycles. The Hall–Kier alpha value is -1.21. The van der Waals surface area contributed by atoms with E-state index < -0.39 is 4.92 Å². The Balaban J connectivity index is 2.24. The molecule has 7 heteroatoms. The van der Waals surface area contributed by atoms with E-state index in [4.69, 9.17) is 10.5 Å². The minimum atomic E-state index is -0.460. The van der Waals surface area contributed by atoms with Gasteiger partial charge in [0.1, 0.15) is 12.3 Å². The molecule has 0 aromatic carbocycles. The molecule has 0 spiro atoms. The molecule has 1 saturated carbocycles. The summed E-state index contributed by atoms with van der Waals surface area (Å²) in [6, 6.07) is 0.00852. The molecule has 2 atom stereocenters. The molecule has 0 saturated heterocycles. The Labute approximate surface area is 113 Å². The summed E-state index contributed by atoms with van der Waals surface area (Å²) in [5, 5.41) is 10.8. The van der Waals surface area contributed by atoms with Crippen molar-refractivity contribution in [3.8, 4) is 5.88 Å². The number of nitrogens with two attached hydrogens (primary N) is 1. The van der Waals surface area contributed by atoms with Crippen molar-refractivity contribution in [2.45, 2.75) is 38.3 Å². The zero-order chi connectivity index (χ0) is 13.3. The normalized spacial score (nSPS) is 23.1. The summed E-state index contributed by atoms with van der Waals surface area (Å²) in [4.78, 5) is 14.3. The van der Waals surface area contributed by atoms with E-state index in [1.165, 1.54) is 6.20 Å². The summed E-state index contributed by atoms with van der Waals surface area (Å²) in [5.41, 5.74) is 6.40. The van der Waals surface area contributed by atoms with Crippen LogP contribution >= 0.6 is 15.9 Å². The summed E-state index contributed by atoms with van der Waals surface area (Å²) >= 11 is 3.29. The van der Waals surface area contributed by atoms with E-state index in [0.717, 1.165) is 19.3 Å². The first-order valence-corrected chi connectivity index (χ1v) is 6.51. The van der Waals surface area contributed by atoms with Gasteiger partial charge in [-0.2, -0.15) is 0 Å². The Morgan fingerprint density at radius 1 is 1.61 bits per heavy atom. The molecule has 1 aliphatic rings. The number of aromatic nitrogens is 1. The highest BCUT2D eigenvalue weighted by atomic mass is 79.9. The maximum absolute atomic E-state index is 10.8. The lowest BCUT2D eigenvalue weighted by atomic mass is 10.2. The lowest BCUT2D eigenvalue weighted by Gasteiger charge is -2.18. The summed E-state index contributed by atoms with van der Waals surface area (Å²) in [7, 11) is 0. The van der Waals surface area contributed by atoms with Gasteiger partial charge in [0.05, 0.1) is 9.40 Å². The molecule has 0 amide bonds. The number of hydrogen-bond acceptors (Lipinski definition) is 5. The highest BCUT2D eigenvalue weighted by Crippen LogP contribution is 2.34. The van der Waals surface area contributed by atoms with Crippen LogP contribution in [0.25, 0.3) is 0 Å². The van der Waals surface area contributed by atoms with Crippen molar-refractivity contribution in [1.82, 2.24) is 4.98 Å². The molecule has 0 bridgehead atoms. The van der Waals surface area contributed by atoms with Crippen molar-refractivity contribution in [2.75, 3.05) is 0 Å². The number of rotatable bonds is 3. The van der Waals surface area contributed by atoms with Gasteiger partial charge in [-0.25, -0.2) is 4.98 Å². The fraction of sp³-hybridized carbons (Fsp3) is 0.545. The van der Waals surface area contributed by atoms with Gasteiger partial charge in [-0.1, -0.05) is 0 Å². The van der Waals surface area contributed by atoms with Crippen molar-refractivity contribution in [3.05, 3.63) is 26.3 Å². The maximum atomic E-state index is 10.8. The quantitative estimate of drug-likeness (QED) is 0.682. The fourth-order valence-electron chi connectivity index (χ4n) is 2.06. The molecule has 2 unspecified atom stereocenters. The second-order valence-electron chi connectivity index (χ2n) is 4.40. The first-order chi connectivity index (χ1) is 8.50. The Morgan fingerprint density at radius 2 is 2.33 bits per heavy atom. The van der Waals surface area contributed by atoms with Gasteiger partial charge in [0.2, 0.25) is 5.88 Å². The van der Waals surface area contributed by atoms with Crippen LogP contribution in [0.2, 0.25) is 0 Å². The van der Waals surface area contributed by atoms with Crippen molar-refractivity contribution in [3.63, 3.8) is 0 Å². The van der Waals surface area contributed by atoms with Crippen LogP contribution in [0.1, 0.15) is 24.8 Å². The van der Waals surface area contributed by atoms with Gasteiger partial charge in [-0.15, -0.1) is 0 Å². The molecule has 1 aromatic heterocycles. The molecule has 1 aliphatic carbocycles. The average molecular weight is 316 g/mol. The molecular weight excluding hydrogens is 302 g/mol. The molecule has 2 rings (SSSR count). The van der Waals surface area contributed by atoms with E-state index in [9.17, 15) is 10.1 Å². The molecule has 1 aromatic rings. The topological polar surface area (TPSA) is 91.3 Å². The molecule has 0 aliphatic heterocycles. The Bertz CT molecular complexity index is 481. The van der Waals surface area contributed by atoms with Crippen LogP contribution in [-0.2, 0) is 0 Å². The van der Waals surface area contributed by atoms with Gasteiger partial charge in [0.25, 0.3) is 5.69 Å². The molecule has 6 nitrogen and oxygen atoms in total. The predicted octanol–water partition coefficient (Wildman–Crippen LogP) is 2.32. The van der Waals surface area contributed by atoms with Crippen LogP contribution in [0.4, 0.5) is 5.69 Å². The van der Waals surface area contributed by atoms with Crippen molar-refractivity contribution in [1.29, 1.82) is 0 Å². The van der Waals surface area contributed by atoms with Crippen molar-refractivity contribution < 1.29 is 9.66 Å². The van der Waals surface area contributed by atoms with Crippen LogP contribution < -0.4 is 10.5 Å². The second kappa shape index (κ2) is 5.19. The highest BCUT2D eigenvalue weighted by Gasteiger charge is 2.28. The minimum absolute atomic E-state index is 0.00852. The standard InChI is InChI=1S/C11H14BrN3O3/c1-6-8(15(16)17)5-14-11(10(6)12)18-9-4-2-3-7(9)13/h5,7,9H,2-4,13H2,1H3. The number of halogens is 1. The third-order valence-electron chi connectivity index (χ3n) is 3.17. The van der Waals surface area contributed by atoms with Gasteiger partial charge in [-0.05, 0) is 42.1 Å². The van der Waals surface area contributed by atoms with E-state index in [1.54, 1.807) is 6.92 Å². The molecule has 98 valence electrons. The summed E-state index contributed by atoms with van der Waals surface area (Å²) in [6.07, 6.45) is 4.03. The lowest BCUT2D eigenvalue weighted by Crippen LogP contribution is -2.33. The number of hydrogen-bond donors (Lipinski definition) is 1. The van der Waals surface area contributed by atoms with Gasteiger partial charge >= 0.3 is 0 Å². The number of nitrogens with zero attached hydrogens (tertiary/aromatic N) is 2. The molecule has 1 fully saturated rings. The molecule has 2 N–H and O–H groups in total. The zero-order valence-corrected chi connectivity index (χ0v) is 11.5. The highest BCUT2D eigenvalue weighted by molar-refractivity contribution is 9.10. The monoisotopic (exact) mass is 315 g/mol. The van der Waals surface area contributed by atoms with Gasteiger partial charge in [0, 0.05) is 11.6 Å². The smallest absolute Gasteiger partial charge is 0.291 e. The largest absolute Gasteiger partial charge is 0.472 e. The molecule has 0 radical (unpaired) electrons. The van der Waals surface area contributed by atoms with E-state index in [0.29, 0.717) is 15.9 Å². The van der Waals surface area contributed by atoms with E-state index in [2.05, 4.69) is 20.9 Å². The molecular formula is C11H14BrN3O3. The summed E-state index contributed by atoms with van der Waals surface area (Å²) in [5.74, 6) is 0.375. The van der Waals surface area contributed by atoms with E-state index in [-0.39, 0.29) is 17.8 Å². The zero-order valence-electron chi connectivity index (χ0n) is 9.93. The SMILES string of the molecule is Cc1c([N+](=O)[O-])cnc(OC2CCCC2N)c1Br. The van der Waals surface area contributed by atoms with E-state index >= 15 is 0 Å². The third kappa shape index (κ3) is 2.46. The average Bonchev–Trinajstić information content (AvgIpc) is 2.70. The number of nitro groups is 1. The van der Waals surface area contributed by atoms with Gasteiger partial charge < -0.3 is 10.5 Å². The van der Waals surface area contributed by atoms with Crippen LogP contribution in [0.5, 0.6) is 5.88 Å². The van der Waals surface area contributed by atoms with E-state index in [1.807, 2.05) is 0 Å².